The fraction of sp³-hybridized carbons (Fsp3) is 0.588. The zero-order valence-electron chi connectivity index (χ0n) is 14.3. The van der Waals surface area contributed by atoms with Gasteiger partial charge >= 0.3 is 0 Å². The van der Waals surface area contributed by atoms with Gasteiger partial charge in [-0.05, 0) is 23.5 Å². The summed E-state index contributed by atoms with van der Waals surface area (Å²) in [5.74, 6) is 2.19. The molecular weight excluding hydrogens is 282 g/mol. The molecule has 2 rings (SSSR count). The minimum atomic E-state index is -0.101. The van der Waals surface area contributed by atoms with Crippen molar-refractivity contribution >= 4 is 5.91 Å². The zero-order valence-corrected chi connectivity index (χ0v) is 14.3. The lowest BCUT2D eigenvalue weighted by Gasteiger charge is -2.27. The third-order valence-corrected chi connectivity index (χ3v) is 3.91. The standard InChI is InChI=1S/C17H25NO4/c1-11(19)18(5)8-7-12-9-13-15(22-10-21-13)16(20-6)14(12)17(2,3)4/h9H,7-8,10H2,1-6H3. The van der Waals surface area contributed by atoms with Gasteiger partial charge in [-0.1, -0.05) is 20.8 Å². The molecule has 0 saturated carbocycles. The molecule has 5 nitrogen and oxygen atoms in total. The lowest BCUT2D eigenvalue weighted by molar-refractivity contribution is -0.127. The highest BCUT2D eigenvalue weighted by molar-refractivity contribution is 5.72. The Morgan fingerprint density at radius 2 is 2.05 bits per heavy atom. The van der Waals surface area contributed by atoms with Crippen molar-refractivity contribution in [3.05, 3.63) is 17.2 Å². The molecule has 1 heterocycles. The van der Waals surface area contributed by atoms with E-state index >= 15 is 0 Å². The van der Waals surface area contributed by atoms with Gasteiger partial charge < -0.3 is 19.1 Å². The number of hydrogen-bond acceptors (Lipinski definition) is 4. The van der Waals surface area contributed by atoms with E-state index in [4.69, 9.17) is 14.2 Å². The van der Waals surface area contributed by atoms with E-state index < -0.39 is 0 Å². The van der Waals surface area contributed by atoms with E-state index in [1.165, 1.54) is 0 Å². The number of likely N-dealkylation sites (N-methyl/N-ethyl adjacent to an activating group) is 1. The third-order valence-electron chi connectivity index (χ3n) is 3.91. The number of fused-ring (bicyclic) bond motifs is 1. The van der Waals surface area contributed by atoms with Crippen molar-refractivity contribution < 1.29 is 19.0 Å². The second-order valence-electron chi connectivity index (χ2n) is 6.62. The molecule has 0 radical (unpaired) electrons. The third kappa shape index (κ3) is 3.13. The average Bonchev–Trinajstić information content (AvgIpc) is 2.89. The van der Waals surface area contributed by atoms with Crippen molar-refractivity contribution in [1.29, 1.82) is 0 Å². The first-order valence-corrected chi connectivity index (χ1v) is 7.47. The first kappa shape index (κ1) is 16.5. The summed E-state index contributed by atoms with van der Waals surface area (Å²) in [6.45, 7) is 8.87. The molecule has 0 atom stereocenters. The normalized spacial score (nSPS) is 13.2. The molecule has 1 aromatic carbocycles. The van der Waals surface area contributed by atoms with E-state index in [0.29, 0.717) is 18.0 Å². The topological polar surface area (TPSA) is 48.0 Å². The second kappa shape index (κ2) is 6.07. The Labute approximate surface area is 132 Å². The van der Waals surface area contributed by atoms with Crippen LogP contribution in [0, 0.1) is 0 Å². The fourth-order valence-corrected chi connectivity index (χ4v) is 2.72. The Hall–Kier alpha value is -1.91. The highest BCUT2D eigenvalue weighted by Gasteiger charge is 2.31. The van der Waals surface area contributed by atoms with Gasteiger partial charge in [0.2, 0.25) is 18.4 Å². The number of benzene rings is 1. The highest BCUT2D eigenvalue weighted by Crippen LogP contribution is 2.48. The molecule has 0 unspecified atom stereocenters. The van der Waals surface area contributed by atoms with Gasteiger partial charge in [0.15, 0.2) is 11.5 Å². The van der Waals surface area contributed by atoms with E-state index in [1.54, 1.807) is 18.9 Å². The SMILES string of the molecule is COc1c2c(cc(CCN(C)C(C)=O)c1C(C)(C)C)OCO2. The van der Waals surface area contributed by atoms with Crippen LogP contribution in [0.25, 0.3) is 0 Å². The molecule has 22 heavy (non-hydrogen) atoms. The number of hydrogen-bond donors (Lipinski definition) is 0. The van der Waals surface area contributed by atoms with Gasteiger partial charge in [0.1, 0.15) is 0 Å². The minimum absolute atomic E-state index is 0.0602. The Balaban J connectivity index is 2.45. The number of carbonyl (C=O) groups is 1. The van der Waals surface area contributed by atoms with Crippen LogP contribution in [-0.2, 0) is 16.6 Å². The summed E-state index contributed by atoms with van der Waals surface area (Å²) in [5, 5.41) is 0. The summed E-state index contributed by atoms with van der Waals surface area (Å²) < 4.78 is 16.7. The molecule has 0 fully saturated rings. The average molecular weight is 307 g/mol. The fourth-order valence-electron chi connectivity index (χ4n) is 2.72. The predicted octanol–water partition coefficient (Wildman–Crippen LogP) is 2.74. The van der Waals surface area contributed by atoms with E-state index in [1.807, 2.05) is 13.1 Å². The predicted molar refractivity (Wildman–Crippen MR) is 84.8 cm³/mol. The highest BCUT2D eigenvalue weighted by atomic mass is 16.7. The molecule has 1 aromatic rings. The quantitative estimate of drug-likeness (QED) is 0.858. The van der Waals surface area contributed by atoms with Gasteiger partial charge in [0, 0.05) is 26.1 Å². The van der Waals surface area contributed by atoms with Crippen LogP contribution in [0.1, 0.15) is 38.8 Å². The van der Waals surface area contributed by atoms with Crippen LogP contribution in [-0.4, -0.2) is 38.3 Å². The molecule has 0 N–H and O–H groups in total. The van der Waals surface area contributed by atoms with Gasteiger partial charge in [-0.25, -0.2) is 0 Å². The lowest BCUT2D eigenvalue weighted by Crippen LogP contribution is -2.27. The molecule has 0 saturated heterocycles. The van der Waals surface area contributed by atoms with Gasteiger partial charge in [0.25, 0.3) is 0 Å². The Kier molecular flexibility index (Phi) is 4.54. The smallest absolute Gasteiger partial charge is 0.231 e. The summed E-state index contributed by atoms with van der Waals surface area (Å²) in [5.41, 5.74) is 2.13. The molecule has 0 aromatic heterocycles. The van der Waals surface area contributed by atoms with Gasteiger partial charge in [-0.15, -0.1) is 0 Å². The Morgan fingerprint density at radius 3 is 2.59 bits per heavy atom. The molecule has 5 heteroatoms. The maximum absolute atomic E-state index is 11.4. The largest absolute Gasteiger partial charge is 0.492 e. The number of methoxy groups -OCH3 is 1. The summed E-state index contributed by atoms with van der Waals surface area (Å²) in [6.07, 6.45) is 0.746. The summed E-state index contributed by atoms with van der Waals surface area (Å²) in [6, 6.07) is 2.01. The first-order valence-electron chi connectivity index (χ1n) is 7.47. The number of amides is 1. The molecule has 1 amide bonds. The van der Waals surface area contributed by atoms with E-state index in [-0.39, 0.29) is 18.1 Å². The molecule has 122 valence electrons. The van der Waals surface area contributed by atoms with Crippen molar-refractivity contribution in [1.82, 2.24) is 4.90 Å². The van der Waals surface area contributed by atoms with E-state index in [0.717, 1.165) is 23.3 Å². The molecule has 1 aliphatic heterocycles. The van der Waals surface area contributed by atoms with Crippen LogP contribution in [0.15, 0.2) is 6.07 Å². The molecule has 1 aliphatic rings. The molecule has 0 aliphatic carbocycles. The summed E-state index contributed by atoms with van der Waals surface area (Å²) >= 11 is 0. The number of carbonyl (C=O) groups excluding carboxylic acids is 1. The summed E-state index contributed by atoms with van der Waals surface area (Å²) in [7, 11) is 3.46. The van der Waals surface area contributed by atoms with Crippen LogP contribution in [0.3, 0.4) is 0 Å². The van der Waals surface area contributed by atoms with Gasteiger partial charge in [0.05, 0.1) is 7.11 Å². The van der Waals surface area contributed by atoms with Crippen LogP contribution < -0.4 is 14.2 Å². The lowest BCUT2D eigenvalue weighted by atomic mass is 9.81. The van der Waals surface area contributed by atoms with Crippen LogP contribution >= 0.6 is 0 Å². The minimum Gasteiger partial charge on any atom is -0.492 e. The van der Waals surface area contributed by atoms with E-state index in [9.17, 15) is 4.79 Å². The van der Waals surface area contributed by atoms with Gasteiger partial charge in [-0.2, -0.15) is 0 Å². The van der Waals surface area contributed by atoms with Crippen LogP contribution in [0.5, 0.6) is 17.2 Å². The van der Waals surface area contributed by atoms with Crippen molar-refractivity contribution in [2.45, 2.75) is 39.5 Å². The second-order valence-corrected chi connectivity index (χ2v) is 6.62. The molecule has 0 spiro atoms. The number of nitrogens with zero attached hydrogens (tertiary/aromatic N) is 1. The summed E-state index contributed by atoms with van der Waals surface area (Å²) in [4.78, 5) is 13.1. The van der Waals surface area contributed by atoms with Crippen molar-refractivity contribution in [2.75, 3.05) is 27.5 Å². The number of rotatable bonds is 4. The van der Waals surface area contributed by atoms with E-state index in [2.05, 4.69) is 20.8 Å². The van der Waals surface area contributed by atoms with Crippen molar-refractivity contribution in [3.8, 4) is 17.2 Å². The molecule has 0 bridgehead atoms. The molecular formula is C17H25NO4. The van der Waals surface area contributed by atoms with Crippen molar-refractivity contribution in [3.63, 3.8) is 0 Å². The Bertz CT molecular complexity index is 575. The maximum Gasteiger partial charge on any atom is 0.231 e. The van der Waals surface area contributed by atoms with Crippen molar-refractivity contribution in [2.24, 2.45) is 0 Å². The van der Waals surface area contributed by atoms with Crippen LogP contribution in [0.2, 0.25) is 0 Å². The Morgan fingerprint density at radius 1 is 1.36 bits per heavy atom. The maximum atomic E-state index is 11.4. The first-order chi connectivity index (χ1) is 10.3. The zero-order chi connectivity index (χ0) is 16.5. The van der Waals surface area contributed by atoms with Crippen LogP contribution in [0.4, 0.5) is 0 Å². The van der Waals surface area contributed by atoms with Gasteiger partial charge in [-0.3, -0.25) is 4.79 Å². The monoisotopic (exact) mass is 307 g/mol. The number of ether oxygens (including phenoxy) is 3.